The van der Waals surface area contributed by atoms with Gasteiger partial charge in [-0.15, -0.1) is 0 Å². The second-order valence-corrected chi connectivity index (χ2v) is 4.10. The zero-order valence-corrected chi connectivity index (χ0v) is 14.1. The molecule has 0 aromatic carbocycles. The number of ether oxygens (including phenoxy) is 5. The minimum absolute atomic E-state index is 0.126. The van der Waals surface area contributed by atoms with E-state index in [1.165, 1.54) is 0 Å². The van der Waals surface area contributed by atoms with E-state index >= 15 is 0 Å². The first-order valence-electron chi connectivity index (χ1n) is 7.51. The Morgan fingerprint density at radius 2 is 1.14 bits per heavy atom. The molecule has 0 bridgehead atoms. The van der Waals surface area contributed by atoms with Crippen molar-refractivity contribution >= 4 is 5.97 Å². The molecule has 7 nitrogen and oxygen atoms in total. The number of rotatable bonds is 13. The van der Waals surface area contributed by atoms with Gasteiger partial charge < -0.3 is 33.6 Å². The fraction of sp³-hybridized carbons (Fsp3) is 0.800. The first kappa shape index (κ1) is 21.0. The number of carbonyl (C=O) groups excluding carboxylic acids is 1. The van der Waals surface area contributed by atoms with E-state index in [4.69, 9.17) is 23.7 Å². The lowest BCUT2D eigenvalue weighted by atomic mass is 10.0. The predicted molar refractivity (Wildman–Crippen MR) is 77.7 cm³/mol. The highest BCUT2D eigenvalue weighted by Gasteiger charge is 2.60. The van der Waals surface area contributed by atoms with Crippen LogP contribution in [0.1, 0.15) is 34.6 Å². The topological polar surface area (TPSA) is 86.3 Å². The average Bonchev–Trinajstić information content (AvgIpc) is 2.46. The second kappa shape index (κ2) is 9.91. The number of hydrogen-bond donors (Lipinski definition) is 0. The summed E-state index contributed by atoms with van der Waals surface area (Å²) in [5.41, 5.74) is -0.466. The van der Waals surface area contributed by atoms with Crippen LogP contribution in [0.15, 0.2) is 12.2 Å². The van der Waals surface area contributed by atoms with Crippen molar-refractivity contribution in [1.29, 1.82) is 0 Å². The van der Waals surface area contributed by atoms with Gasteiger partial charge in [-0.1, -0.05) is 6.58 Å². The van der Waals surface area contributed by atoms with Gasteiger partial charge in [0.15, 0.2) is 0 Å². The summed E-state index contributed by atoms with van der Waals surface area (Å²) in [6.45, 7) is 12.9. The number of carbonyl (C=O) groups is 1. The number of carboxylic acid groups (broad SMARTS) is 1. The highest BCUT2D eigenvalue weighted by atomic mass is 16.9. The van der Waals surface area contributed by atoms with Gasteiger partial charge >= 0.3 is 5.97 Å². The van der Waals surface area contributed by atoms with E-state index < -0.39 is 23.3 Å². The van der Waals surface area contributed by atoms with Crippen LogP contribution in [0.5, 0.6) is 0 Å². The van der Waals surface area contributed by atoms with Crippen LogP contribution < -0.4 is 5.11 Å². The normalized spacial score (nSPS) is 12.4. The van der Waals surface area contributed by atoms with Crippen LogP contribution in [0, 0.1) is 0 Å². The summed E-state index contributed by atoms with van der Waals surface area (Å²) in [7, 11) is 0. The Labute approximate surface area is 132 Å². The highest BCUT2D eigenvalue weighted by molar-refractivity contribution is 5.86. The zero-order chi connectivity index (χ0) is 17.2. The van der Waals surface area contributed by atoms with Gasteiger partial charge in [0.2, 0.25) is 0 Å². The Morgan fingerprint density at radius 1 is 0.818 bits per heavy atom. The molecule has 130 valence electrons. The second-order valence-electron chi connectivity index (χ2n) is 4.10. The van der Waals surface area contributed by atoms with Crippen LogP contribution in [0.4, 0.5) is 0 Å². The van der Waals surface area contributed by atoms with Gasteiger partial charge in [-0.05, 0) is 34.6 Å². The van der Waals surface area contributed by atoms with Crippen molar-refractivity contribution in [3.8, 4) is 0 Å². The maximum Gasteiger partial charge on any atom is 0.345 e. The van der Waals surface area contributed by atoms with E-state index in [2.05, 4.69) is 6.58 Å². The molecule has 7 heteroatoms. The van der Waals surface area contributed by atoms with Gasteiger partial charge in [-0.3, -0.25) is 0 Å². The minimum Gasteiger partial charge on any atom is -0.545 e. The zero-order valence-electron chi connectivity index (χ0n) is 14.1. The minimum atomic E-state index is -1.97. The SMILES string of the molecule is C=C(C(=O)[O-])C(OCC)(OCC)C(OCC)(OCC)OCC. The molecule has 22 heavy (non-hydrogen) atoms. The lowest BCUT2D eigenvalue weighted by Crippen LogP contribution is -2.65. The first-order valence-corrected chi connectivity index (χ1v) is 7.51. The molecule has 0 rings (SSSR count). The molecule has 0 N–H and O–H groups in total. The van der Waals surface area contributed by atoms with Crippen molar-refractivity contribution in [3.05, 3.63) is 12.2 Å². The van der Waals surface area contributed by atoms with Gasteiger partial charge in [0.25, 0.3) is 5.79 Å². The molecule has 0 atom stereocenters. The maximum absolute atomic E-state index is 11.4. The molecule has 0 aromatic heterocycles. The van der Waals surface area contributed by atoms with Gasteiger partial charge in [0, 0.05) is 38.6 Å². The van der Waals surface area contributed by atoms with Crippen LogP contribution in [0.3, 0.4) is 0 Å². The quantitative estimate of drug-likeness (QED) is 0.367. The summed E-state index contributed by atoms with van der Waals surface area (Å²) in [4.78, 5) is 11.4. The molecule has 0 spiro atoms. The largest absolute Gasteiger partial charge is 0.545 e. The molecule has 0 saturated heterocycles. The third kappa shape index (κ3) is 4.27. The van der Waals surface area contributed by atoms with Crippen molar-refractivity contribution < 1.29 is 33.6 Å². The number of hydrogen-bond acceptors (Lipinski definition) is 7. The molecule has 0 amide bonds. The van der Waals surface area contributed by atoms with Gasteiger partial charge in [0.1, 0.15) is 0 Å². The maximum atomic E-state index is 11.4. The van der Waals surface area contributed by atoms with Crippen LogP contribution in [-0.2, 0) is 28.5 Å². The highest BCUT2D eigenvalue weighted by Crippen LogP contribution is 2.39. The Kier molecular flexibility index (Phi) is 9.47. The molecular formula is C15H27O7-. The van der Waals surface area contributed by atoms with Crippen molar-refractivity contribution in [2.24, 2.45) is 0 Å². The van der Waals surface area contributed by atoms with Crippen LogP contribution >= 0.6 is 0 Å². The van der Waals surface area contributed by atoms with Crippen LogP contribution in [0.25, 0.3) is 0 Å². The Balaban J connectivity index is 6.19. The standard InChI is InChI=1S/C15H28O7/c1-7-18-14(19-8-2,12(6)13(16)17)15(20-9-3,21-10-4)22-11-5/h6-11H2,1-5H3,(H,16,17)/p-1. The molecule has 0 fully saturated rings. The van der Waals surface area contributed by atoms with E-state index in [9.17, 15) is 9.90 Å². The number of aliphatic carboxylic acids is 1. The number of carboxylic acids is 1. The smallest absolute Gasteiger partial charge is 0.345 e. The summed E-state index contributed by atoms with van der Waals surface area (Å²) in [6, 6.07) is 0. The first-order chi connectivity index (χ1) is 10.4. The van der Waals surface area contributed by atoms with Crippen LogP contribution in [0.2, 0.25) is 0 Å². The summed E-state index contributed by atoms with van der Waals surface area (Å²) in [5.74, 6) is -5.41. The summed E-state index contributed by atoms with van der Waals surface area (Å²) in [5, 5.41) is 11.4. The lowest BCUT2D eigenvalue weighted by molar-refractivity contribution is -0.485. The molecular weight excluding hydrogens is 292 g/mol. The van der Waals surface area contributed by atoms with Gasteiger partial charge in [-0.2, -0.15) is 0 Å². The van der Waals surface area contributed by atoms with E-state index in [1.54, 1.807) is 34.6 Å². The molecule has 0 radical (unpaired) electrons. The van der Waals surface area contributed by atoms with Crippen molar-refractivity contribution in [2.45, 2.75) is 46.4 Å². The molecule has 0 heterocycles. The summed E-state index contributed by atoms with van der Waals surface area (Å²) in [6.07, 6.45) is 0. The van der Waals surface area contributed by atoms with Crippen molar-refractivity contribution in [3.63, 3.8) is 0 Å². The monoisotopic (exact) mass is 319 g/mol. The van der Waals surface area contributed by atoms with Crippen molar-refractivity contribution in [1.82, 2.24) is 0 Å². The molecule has 0 aliphatic rings. The molecule has 0 aliphatic heterocycles. The van der Waals surface area contributed by atoms with E-state index in [0.717, 1.165) is 0 Å². The van der Waals surface area contributed by atoms with E-state index in [1.807, 2.05) is 0 Å². The average molecular weight is 319 g/mol. The Hall–Kier alpha value is -0.990. The summed E-state index contributed by atoms with van der Waals surface area (Å²) >= 11 is 0. The molecule has 0 saturated carbocycles. The third-order valence-corrected chi connectivity index (χ3v) is 2.75. The summed E-state index contributed by atoms with van der Waals surface area (Å²) < 4.78 is 28.0. The molecule has 0 aromatic rings. The fourth-order valence-corrected chi connectivity index (χ4v) is 2.10. The van der Waals surface area contributed by atoms with E-state index in [0.29, 0.717) is 0 Å². The lowest BCUT2D eigenvalue weighted by Gasteiger charge is -2.47. The van der Waals surface area contributed by atoms with Crippen molar-refractivity contribution in [2.75, 3.05) is 33.0 Å². The molecule has 0 aliphatic carbocycles. The third-order valence-electron chi connectivity index (χ3n) is 2.75. The van der Waals surface area contributed by atoms with Gasteiger partial charge in [-0.25, -0.2) is 0 Å². The Bertz CT molecular complexity index is 331. The van der Waals surface area contributed by atoms with Crippen LogP contribution in [-0.4, -0.2) is 50.8 Å². The van der Waals surface area contributed by atoms with E-state index in [-0.39, 0.29) is 33.0 Å². The van der Waals surface area contributed by atoms with Gasteiger partial charge in [0.05, 0.1) is 5.97 Å². The predicted octanol–water partition coefficient (Wildman–Crippen LogP) is 0.825. The Morgan fingerprint density at radius 3 is 1.36 bits per heavy atom. The molecule has 0 unspecified atom stereocenters. The fourth-order valence-electron chi connectivity index (χ4n) is 2.10.